The van der Waals surface area contributed by atoms with E-state index in [1.54, 1.807) is 37.7 Å². The molecule has 1 aromatic heterocycles. The van der Waals surface area contributed by atoms with E-state index in [4.69, 9.17) is 10.5 Å². The van der Waals surface area contributed by atoms with Gasteiger partial charge in [-0.25, -0.2) is 9.48 Å². The van der Waals surface area contributed by atoms with Crippen molar-refractivity contribution < 1.29 is 19.1 Å². The lowest BCUT2D eigenvalue weighted by atomic mass is 9.70. The Morgan fingerprint density at radius 1 is 1.33 bits per heavy atom. The molecule has 1 fully saturated rings. The zero-order chi connectivity index (χ0) is 20.2. The number of nitrogens with two attached hydrogens (primary N) is 1. The molecule has 1 saturated carbocycles. The van der Waals surface area contributed by atoms with Gasteiger partial charge in [-0.15, -0.1) is 0 Å². The first-order chi connectivity index (χ1) is 12.6. The maximum Gasteiger partial charge on any atom is 0.405 e. The second-order valence-electron chi connectivity index (χ2n) is 8.13. The number of hydrogen-bond acceptors (Lipinski definition) is 5. The third kappa shape index (κ3) is 4.31. The number of carbonyl (C=O) groups excluding carboxylic acids is 3. The maximum absolute atomic E-state index is 13.2. The van der Waals surface area contributed by atoms with Gasteiger partial charge in [-0.2, -0.15) is 5.10 Å². The number of unbranched alkanes of at least 4 members (excludes halogenated alkanes) is 1. The average molecular weight is 378 g/mol. The van der Waals surface area contributed by atoms with Gasteiger partial charge in [0.25, 0.3) is 11.7 Å². The molecule has 0 aliphatic heterocycles. The molecule has 1 unspecified atom stereocenters. The zero-order valence-electron chi connectivity index (χ0n) is 16.6. The molecular weight excluding hydrogens is 348 g/mol. The molecule has 2 amide bonds. The van der Waals surface area contributed by atoms with Crippen molar-refractivity contribution in [3.05, 3.63) is 12.3 Å². The summed E-state index contributed by atoms with van der Waals surface area (Å²) in [6.07, 6.45) is 5.25. The smallest absolute Gasteiger partial charge is 0.405 e. The Bertz CT molecular complexity index is 703. The van der Waals surface area contributed by atoms with Gasteiger partial charge in [0.15, 0.2) is 5.60 Å². The molecule has 1 heterocycles. The number of aromatic nitrogens is 2. The summed E-state index contributed by atoms with van der Waals surface area (Å²) in [6.45, 7) is 7.24. The Morgan fingerprint density at radius 2 is 2.00 bits per heavy atom. The molecule has 8 heteroatoms. The highest BCUT2D eigenvalue weighted by atomic mass is 16.6. The van der Waals surface area contributed by atoms with Gasteiger partial charge in [0.2, 0.25) is 0 Å². The van der Waals surface area contributed by atoms with Crippen LogP contribution in [0.5, 0.6) is 0 Å². The number of primary amides is 1. The van der Waals surface area contributed by atoms with Crippen molar-refractivity contribution >= 4 is 23.6 Å². The van der Waals surface area contributed by atoms with Gasteiger partial charge in [0.05, 0.1) is 12.2 Å². The summed E-state index contributed by atoms with van der Waals surface area (Å²) in [5, 5.41) is 6.89. The van der Waals surface area contributed by atoms with Crippen molar-refractivity contribution in [3.8, 4) is 0 Å². The van der Waals surface area contributed by atoms with Gasteiger partial charge < -0.3 is 15.8 Å². The highest BCUT2D eigenvalue weighted by Gasteiger charge is 2.53. The SMILES string of the molecule is CCCCC(OC(N)=O)(C(=O)C(=O)Nc1ccnn1C1CCC1)C(C)(C)C. The average Bonchev–Trinajstić information content (AvgIpc) is 2.95. The molecule has 1 aliphatic carbocycles. The van der Waals surface area contributed by atoms with Crippen molar-refractivity contribution in [2.45, 2.75) is 77.9 Å². The van der Waals surface area contributed by atoms with Crippen LogP contribution in [0.4, 0.5) is 10.6 Å². The largest absolute Gasteiger partial charge is 0.434 e. The molecule has 0 saturated heterocycles. The fourth-order valence-electron chi connectivity index (χ4n) is 3.37. The van der Waals surface area contributed by atoms with E-state index in [2.05, 4.69) is 10.4 Å². The molecule has 1 aromatic rings. The second kappa shape index (κ2) is 8.10. The summed E-state index contributed by atoms with van der Waals surface area (Å²) < 4.78 is 7.05. The Hall–Kier alpha value is -2.38. The quantitative estimate of drug-likeness (QED) is 0.674. The number of hydrogen-bond donors (Lipinski definition) is 2. The highest BCUT2D eigenvalue weighted by Crippen LogP contribution is 2.40. The summed E-state index contributed by atoms with van der Waals surface area (Å²) in [5.74, 6) is -1.16. The van der Waals surface area contributed by atoms with Crippen LogP contribution in [0.2, 0.25) is 0 Å². The van der Waals surface area contributed by atoms with E-state index >= 15 is 0 Å². The topological polar surface area (TPSA) is 116 Å². The van der Waals surface area contributed by atoms with Crippen LogP contribution >= 0.6 is 0 Å². The van der Waals surface area contributed by atoms with Gasteiger partial charge in [0.1, 0.15) is 5.82 Å². The Morgan fingerprint density at radius 3 is 2.48 bits per heavy atom. The summed E-state index contributed by atoms with van der Waals surface area (Å²) in [5.41, 5.74) is 2.82. The number of nitrogens with zero attached hydrogens (tertiary/aromatic N) is 2. The van der Waals surface area contributed by atoms with Crippen molar-refractivity contribution in [1.82, 2.24) is 9.78 Å². The molecule has 2 rings (SSSR count). The predicted octanol–water partition coefficient (Wildman–Crippen LogP) is 3.19. The molecule has 1 aliphatic rings. The van der Waals surface area contributed by atoms with E-state index in [0.717, 1.165) is 25.7 Å². The monoisotopic (exact) mass is 378 g/mol. The molecule has 0 spiro atoms. The standard InChI is InChI=1S/C19H30N4O4/c1-5-6-11-19(18(2,3)4,27-17(20)26)15(24)16(25)22-14-10-12-21-23(14)13-8-7-9-13/h10,12-13H,5-9,11H2,1-4H3,(H2,20,26)(H,22,25). The van der Waals surface area contributed by atoms with Crippen LogP contribution in [0.1, 0.15) is 72.3 Å². The van der Waals surface area contributed by atoms with Crippen molar-refractivity contribution in [2.75, 3.05) is 5.32 Å². The van der Waals surface area contributed by atoms with Crippen LogP contribution in [0.15, 0.2) is 12.3 Å². The Balaban J connectivity index is 2.29. The summed E-state index contributed by atoms with van der Waals surface area (Å²) in [4.78, 5) is 37.5. The normalized spacial score (nSPS) is 16.9. The number of nitrogens with one attached hydrogen (secondary N) is 1. The first-order valence-corrected chi connectivity index (χ1v) is 9.50. The Kier molecular flexibility index (Phi) is 6.28. The van der Waals surface area contributed by atoms with Crippen molar-refractivity contribution in [1.29, 1.82) is 0 Å². The number of ether oxygens (including phenoxy) is 1. The number of ketones is 1. The fourth-order valence-corrected chi connectivity index (χ4v) is 3.37. The Labute approximate surface area is 159 Å². The van der Waals surface area contributed by atoms with Crippen molar-refractivity contribution in [2.24, 2.45) is 11.1 Å². The number of Topliss-reactive ketones (excluding diaryl/α,β-unsaturated/α-hetero) is 1. The number of rotatable bonds is 8. The van der Waals surface area contributed by atoms with E-state index in [1.807, 2.05) is 6.92 Å². The van der Waals surface area contributed by atoms with Gasteiger partial charge in [-0.05, 0) is 32.1 Å². The van der Waals surface area contributed by atoms with Crippen LogP contribution in [-0.2, 0) is 14.3 Å². The molecule has 27 heavy (non-hydrogen) atoms. The molecule has 150 valence electrons. The van der Waals surface area contributed by atoms with Crippen LogP contribution in [0, 0.1) is 5.41 Å². The third-order valence-electron chi connectivity index (χ3n) is 5.27. The first kappa shape index (κ1) is 20.9. The van der Waals surface area contributed by atoms with E-state index in [1.165, 1.54) is 0 Å². The number of amides is 2. The number of carbonyl (C=O) groups is 3. The predicted molar refractivity (Wildman–Crippen MR) is 101 cm³/mol. The van der Waals surface area contributed by atoms with Crippen LogP contribution in [-0.4, -0.2) is 33.2 Å². The lowest BCUT2D eigenvalue weighted by Crippen LogP contribution is -2.57. The first-order valence-electron chi connectivity index (χ1n) is 9.50. The van der Waals surface area contributed by atoms with Gasteiger partial charge in [-0.3, -0.25) is 9.59 Å². The summed E-state index contributed by atoms with van der Waals surface area (Å²) in [6, 6.07) is 1.89. The lowest BCUT2D eigenvalue weighted by molar-refractivity contribution is -0.157. The second-order valence-corrected chi connectivity index (χ2v) is 8.13. The number of anilines is 1. The van der Waals surface area contributed by atoms with Gasteiger partial charge >= 0.3 is 6.09 Å². The fraction of sp³-hybridized carbons (Fsp3) is 0.684. The van der Waals surface area contributed by atoms with Gasteiger partial charge in [0, 0.05) is 11.5 Å². The molecule has 3 N–H and O–H groups in total. The van der Waals surface area contributed by atoms with Gasteiger partial charge in [-0.1, -0.05) is 34.1 Å². The molecule has 0 bridgehead atoms. The molecule has 8 nitrogen and oxygen atoms in total. The van der Waals surface area contributed by atoms with Crippen molar-refractivity contribution in [3.63, 3.8) is 0 Å². The lowest BCUT2D eigenvalue weighted by Gasteiger charge is -2.41. The van der Waals surface area contributed by atoms with Crippen LogP contribution in [0.25, 0.3) is 0 Å². The van der Waals surface area contributed by atoms with Crippen LogP contribution in [0.3, 0.4) is 0 Å². The minimum absolute atomic E-state index is 0.226. The summed E-state index contributed by atoms with van der Waals surface area (Å²) in [7, 11) is 0. The zero-order valence-corrected chi connectivity index (χ0v) is 16.6. The molecule has 0 radical (unpaired) electrons. The van der Waals surface area contributed by atoms with E-state index < -0.39 is 28.8 Å². The highest BCUT2D eigenvalue weighted by molar-refractivity contribution is 6.43. The molecule has 1 atom stereocenters. The third-order valence-corrected chi connectivity index (χ3v) is 5.27. The van der Waals surface area contributed by atoms with E-state index in [9.17, 15) is 14.4 Å². The minimum atomic E-state index is -1.62. The van der Waals surface area contributed by atoms with E-state index in [-0.39, 0.29) is 12.5 Å². The molecular formula is C19H30N4O4. The molecule has 0 aromatic carbocycles. The van der Waals surface area contributed by atoms with E-state index in [0.29, 0.717) is 12.2 Å². The summed E-state index contributed by atoms with van der Waals surface area (Å²) >= 11 is 0. The maximum atomic E-state index is 13.2. The minimum Gasteiger partial charge on any atom is -0.434 e. The van der Waals surface area contributed by atoms with Crippen LogP contribution < -0.4 is 11.1 Å².